The molecule has 128 valence electrons. The first-order valence-electron chi connectivity index (χ1n) is 9.63. The summed E-state index contributed by atoms with van der Waals surface area (Å²) in [7, 11) is 0. The first-order valence-corrected chi connectivity index (χ1v) is 9.63. The molecule has 25 heavy (non-hydrogen) atoms. The van der Waals surface area contributed by atoms with E-state index < -0.39 is 0 Å². The van der Waals surface area contributed by atoms with Crippen molar-refractivity contribution >= 4 is 0 Å². The van der Waals surface area contributed by atoms with Gasteiger partial charge in [0.2, 0.25) is 0 Å². The van der Waals surface area contributed by atoms with E-state index in [4.69, 9.17) is 0 Å². The molecular formula is C25H28. The molecule has 2 aliphatic rings. The lowest BCUT2D eigenvalue weighted by Gasteiger charge is -2.52. The predicted molar refractivity (Wildman–Crippen MR) is 108 cm³/mol. The van der Waals surface area contributed by atoms with E-state index in [0.717, 1.165) is 12.8 Å². The summed E-state index contributed by atoms with van der Waals surface area (Å²) in [6, 6.07) is 18.1. The normalized spacial score (nSPS) is 28.6. The van der Waals surface area contributed by atoms with Gasteiger partial charge >= 0.3 is 0 Å². The zero-order valence-corrected chi connectivity index (χ0v) is 15.5. The van der Waals surface area contributed by atoms with Crippen LogP contribution in [0.15, 0.2) is 73.8 Å². The largest absolute Gasteiger partial charge is 0.102 e. The SMILES string of the molecule is C=CC1(CC)CCC(C=C)(CC)C12c1ccccc1-c1ccccc12. The topological polar surface area (TPSA) is 0 Å². The molecule has 2 aromatic rings. The zero-order valence-electron chi connectivity index (χ0n) is 15.5. The fourth-order valence-electron chi connectivity index (χ4n) is 6.31. The second-order valence-corrected chi connectivity index (χ2v) is 7.77. The molecule has 1 saturated carbocycles. The Balaban J connectivity index is 2.22. The summed E-state index contributed by atoms with van der Waals surface area (Å²) in [5, 5.41) is 0. The van der Waals surface area contributed by atoms with Gasteiger partial charge in [0.15, 0.2) is 0 Å². The molecular weight excluding hydrogens is 300 g/mol. The first-order chi connectivity index (χ1) is 12.2. The number of benzene rings is 2. The maximum atomic E-state index is 4.35. The summed E-state index contributed by atoms with van der Waals surface area (Å²) in [4.78, 5) is 0. The Morgan fingerprint density at radius 3 is 1.52 bits per heavy atom. The van der Waals surface area contributed by atoms with E-state index in [0.29, 0.717) is 0 Å². The third-order valence-electron chi connectivity index (χ3n) is 7.51. The van der Waals surface area contributed by atoms with E-state index >= 15 is 0 Å². The zero-order chi connectivity index (χ0) is 17.7. The molecule has 1 fully saturated rings. The number of fused-ring (bicyclic) bond motifs is 5. The van der Waals surface area contributed by atoms with Crippen molar-refractivity contribution in [3.8, 4) is 11.1 Å². The highest BCUT2D eigenvalue weighted by Gasteiger charge is 2.67. The van der Waals surface area contributed by atoms with Crippen molar-refractivity contribution in [1.29, 1.82) is 0 Å². The van der Waals surface area contributed by atoms with E-state index in [1.807, 2.05) is 0 Å². The summed E-state index contributed by atoms with van der Waals surface area (Å²) in [5.41, 5.74) is 5.85. The molecule has 0 N–H and O–H groups in total. The van der Waals surface area contributed by atoms with Crippen molar-refractivity contribution in [2.24, 2.45) is 10.8 Å². The molecule has 1 spiro atoms. The van der Waals surface area contributed by atoms with E-state index in [1.54, 1.807) is 0 Å². The van der Waals surface area contributed by atoms with Gasteiger partial charge in [-0.25, -0.2) is 0 Å². The van der Waals surface area contributed by atoms with Crippen LogP contribution in [0.25, 0.3) is 11.1 Å². The van der Waals surface area contributed by atoms with Crippen molar-refractivity contribution in [2.75, 3.05) is 0 Å². The van der Waals surface area contributed by atoms with Crippen LogP contribution in [0.3, 0.4) is 0 Å². The Morgan fingerprint density at radius 2 is 1.16 bits per heavy atom. The Morgan fingerprint density at radius 1 is 0.760 bits per heavy atom. The molecule has 4 rings (SSSR count). The van der Waals surface area contributed by atoms with E-state index in [-0.39, 0.29) is 16.2 Å². The van der Waals surface area contributed by atoms with Crippen LogP contribution in [0, 0.1) is 10.8 Å². The summed E-state index contributed by atoms with van der Waals surface area (Å²) < 4.78 is 0. The summed E-state index contributed by atoms with van der Waals surface area (Å²) >= 11 is 0. The van der Waals surface area contributed by atoms with Gasteiger partial charge in [-0.1, -0.05) is 74.5 Å². The van der Waals surface area contributed by atoms with Gasteiger partial charge in [-0.05, 0) is 47.9 Å². The van der Waals surface area contributed by atoms with Gasteiger partial charge in [-0.3, -0.25) is 0 Å². The van der Waals surface area contributed by atoms with Crippen molar-refractivity contribution in [3.05, 3.63) is 85.0 Å². The fourth-order valence-corrected chi connectivity index (χ4v) is 6.31. The van der Waals surface area contributed by atoms with Gasteiger partial charge in [0.05, 0.1) is 0 Å². The molecule has 0 aromatic heterocycles. The van der Waals surface area contributed by atoms with E-state index in [9.17, 15) is 0 Å². The second kappa shape index (κ2) is 5.46. The minimum atomic E-state index is -0.0554. The standard InChI is InChI=1S/C25H28/c1-5-23(6-2)17-18-24(7-3,8-4)25(23)21-15-11-9-13-19(21)20-14-10-12-16-22(20)25/h5,7,9-16H,1,3,6,8,17-18H2,2,4H3. The minimum absolute atomic E-state index is 0.0554. The van der Waals surface area contributed by atoms with Gasteiger partial charge in [0.25, 0.3) is 0 Å². The van der Waals surface area contributed by atoms with Crippen molar-refractivity contribution < 1.29 is 0 Å². The molecule has 2 aliphatic carbocycles. The Kier molecular flexibility index (Phi) is 3.58. The molecule has 0 radical (unpaired) electrons. The second-order valence-electron chi connectivity index (χ2n) is 7.77. The van der Waals surface area contributed by atoms with Gasteiger partial charge in [-0.2, -0.15) is 0 Å². The lowest BCUT2D eigenvalue weighted by atomic mass is 9.50. The molecule has 0 heterocycles. The van der Waals surface area contributed by atoms with Gasteiger partial charge in [0.1, 0.15) is 0 Å². The Hall–Kier alpha value is -2.08. The lowest BCUT2D eigenvalue weighted by Crippen LogP contribution is -2.49. The number of hydrogen-bond acceptors (Lipinski definition) is 0. The molecule has 2 atom stereocenters. The highest BCUT2D eigenvalue weighted by Crippen LogP contribution is 2.74. The van der Waals surface area contributed by atoms with Crippen LogP contribution >= 0.6 is 0 Å². The molecule has 2 aromatic carbocycles. The van der Waals surface area contributed by atoms with Crippen molar-refractivity contribution in [1.82, 2.24) is 0 Å². The summed E-state index contributed by atoms with van der Waals surface area (Å²) in [6.07, 6.45) is 9.11. The molecule has 0 bridgehead atoms. The smallest absolute Gasteiger partial charge is 0.0395 e. The van der Waals surface area contributed by atoms with Crippen LogP contribution in [0.4, 0.5) is 0 Å². The van der Waals surface area contributed by atoms with Gasteiger partial charge in [-0.15, -0.1) is 13.2 Å². The van der Waals surface area contributed by atoms with Crippen LogP contribution in [0.5, 0.6) is 0 Å². The summed E-state index contributed by atoms with van der Waals surface area (Å²) in [5.74, 6) is 0. The van der Waals surface area contributed by atoms with E-state index in [2.05, 4.69) is 87.7 Å². The van der Waals surface area contributed by atoms with Crippen molar-refractivity contribution in [3.63, 3.8) is 0 Å². The number of allylic oxidation sites excluding steroid dienone is 2. The molecule has 0 heteroatoms. The quantitative estimate of drug-likeness (QED) is 0.535. The molecule has 0 amide bonds. The van der Waals surface area contributed by atoms with Crippen molar-refractivity contribution in [2.45, 2.75) is 44.9 Å². The van der Waals surface area contributed by atoms with E-state index in [1.165, 1.54) is 35.1 Å². The average Bonchev–Trinajstić information content (AvgIpc) is 3.16. The number of rotatable bonds is 4. The van der Waals surface area contributed by atoms with Crippen LogP contribution in [0.1, 0.15) is 50.7 Å². The maximum Gasteiger partial charge on any atom is 0.0395 e. The Bertz CT molecular complexity index is 771. The average molecular weight is 328 g/mol. The van der Waals surface area contributed by atoms with Crippen LogP contribution in [-0.4, -0.2) is 0 Å². The van der Waals surface area contributed by atoms with Crippen LogP contribution in [0.2, 0.25) is 0 Å². The number of hydrogen-bond donors (Lipinski definition) is 0. The molecule has 0 nitrogen and oxygen atoms in total. The molecule has 0 saturated heterocycles. The highest BCUT2D eigenvalue weighted by molar-refractivity contribution is 5.83. The third kappa shape index (κ3) is 1.64. The molecule has 0 aliphatic heterocycles. The maximum absolute atomic E-state index is 4.35. The third-order valence-corrected chi connectivity index (χ3v) is 7.51. The molecule has 2 unspecified atom stereocenters. The van der Waals surface area contributed by atoms with Crippen LogP contribution < -0.4 is 0 Å². The predicted octanol–water partition coefficient (Wildman–Crippen LogP) is 6.91. The van der Waals surface area contributed by atoms with Crippen LogP contribution in [-0.2, 0) is 5.41 Å². The first kappa shape index (κ1) is 16.4. The summed E-state index contributed by atoms with van der Waals surface area (Å²) in [6.45, 7) is 13.4. The van der Waals surface area contributed by atoms with Gasteiger partial charge < -0.3 is 0 Å². The fraction of sp³-hybridized carbons (Fsp3) is 0.360. The monoisotopic (exact) mass is 328 g/mol. The Labute approximate surface area is 152 Å². The minimum Gasteiger partial charge on any atom is -0.102 e. The van der Waals surface area contributed by atoms with Gasteiger partial charge in [0, 0.05) is 16.2 Å². The highest BCUT2D eigenvalue weighted by atomic mass is 14.7. The lowest BCUT2D eigenvalue weighted by molar-refractivity contribution is 0.158.